The molecule has 4 nitrogen and oxygen atoms in total. The Bertz CT molecular complexity index is 793. The van der Waals surface area contributed by atoms with E-state index in [2.05, 4.69) is 0 Å². The van der Waals surface area contributed by atoms with E-state index in [1.165, 1.54) is 6.07 Å². The van der Waals surface area contributed by atoms with E-state index in [1.54, 1.807) is 12.1 Å². The first-order chi connectivity index (χ1) is 10.9. The van der Waals surface area contributed by atoms with Crippen molar-refractivity contribution in [2.75, 3.05) is 6.61 Å². The van der Waals surface area contributed by atoms with Gasteiger partial charge < -0.3 is 5.11 Å². The Morgan fingerprint density at radius 2 is 1.83 bits per heavy atom. The molecule has 0 radical (unpaired) electrons. The molecule has 1 saturated carbocycles. The highest BCUT2D eigenvalue weighted by atomic mass is 32.2. The van der Waals surface area contributed by atoms with Crippen LogP contribution in [0.5, 0.6) is 0 Å². The molecule has 0 saturated heterocycles. The maximum atomic E-state index is 12.5. The third-order valence-electron chi connectivity index (χ3n) is 4.10. The van der Waals surface area contributed by atoms with Gasteiger partial charge in [0.05, 0.1) is 12.2 Å². The van der Waals surface area contributed by atoms with Crippen molar-refractivity contribution in [3.8, 4) is 0 Å². The lowest BCUT2D eigenvalue weighted by molar-refractivity contribution is 0.147. The second-order valence-corrected chi connectivity index (χ2v) is 7.63. The van der Waals surface area contributed by atoms with E-state index in [1.807, 2.05) is 37.3 Å². The molecule has 0 aromatic heterocycles. The molecule has 0 heterocycles. The van der Waals surface area contributed by atoms with E-state index in [-0.39, 0.29) is 11.5 Å². The summed E-state index contributed by atoms with van der Waals surface area (Å²) in [4.78, 5) is 0.0798. The van der Waals surface area contributed by atoms with Crippen molar-refractivity contribution in [3.63, 3.8) is 0 Å². The summed E-state index contributed by atoms with van der Waals surface area (Å²) in [7, 11) is -3.88. The highest BCUT2D eigenvalue weighted by Crippen LogP contribution is 2.47. The summed E-state index contributed by atoms with van der Waals surface area (Å²) in [5.74, 6) is 0. The van der Waals surface area contributed by atoms with Crippen LogP contribution in [-0.2, 0) is 26.3 Å². The first-order valence-electron chi connectivity index (χ1n) is 7.68. The fraction of sp³-hybridized carbons (Fsp3) is 0.333. The Morgan fingerprint density at radius 1 is 1.13 bits per heavy atom. The first-order valence-corrected chi connectivity index (χ1v) is 9.08. The highest BCUT2D eigenvalue weighted by Gasteiger charge is 2.45. The predicted octanol–water partition coefficient (Wildman–Crippen LogP) is 2.92. The molecule has 0 aliphatic heterocycles. The zero-order valence-corrected chi connectivity index (χ0v) is 13.8. The van der Waals surface area contributed by atoms with Gasteiger partial charge in [-0.3, -0.25) is 4.18 Å². The minimum absolute atomic E-state index is 0.0798. The second kappa shape index (κ2) is 6.07. The summed E-state index contributed by atoms with van der Waals surface area (Å²) in [6.07, 6.45) is 1.69. The van der Waals surface area contributed by atoms with Crippen LogP contribution in [0.25, 0.3) is 0 Å². The molecule has 3 rings (SSSR count). The lowest BCUT2D eigenvalue weighted by Crippen LogP contribution is -2.16. The average molecular weight is 332 g/mol. The summed E-state index contributed by atoms with van der Waals surface area (Å²) in [6.45, 7) is 1.96. The van der Waals surface area contributed by atoms with Crippen LogP contribution in [0.15, 0.2) is 53.4 Å². The summed E-state index contributed by atoms with van der Waals surface area (Å²) < 4.78 is 30.2. The Kier molecular flexibility index (Phi) is 4.27. The van der Waals surface area contributed by atoms with Crippen molar-refractivity contribution < 1.29 is 17.7 Å². The Morgan fingerprint density at radius 3 is 2.48 bits per heavy atom. The average Bonchev–Trinajstić information content (AvgIpc) is 3.27. The second-order valence-electron chi connectivity index (χ2n) is 6.04. The van der Waals surface area contributed by atoms with Crippen molar-refractivity contribution in [2.24, 2.45) is 0 Å². The van der Waals surface area contributed by atoms with Gasteiger partial charge in [0.15, 0.2) is 0 Å². The number of hydrogen-bond donors (Lipinski definition) is 1. The molecule has 1 fully saturated rings. The van der Waals surface area contributed by atoms with E-state index in [0.29, 0.717) is 24.8 Å². The molecule has 2 aromatic carbocycles. The van der Waals surface area contributed by atoms with E-state index < -0.39 is 15.7 Å². The van der Waals surface area contributed by atoms with E-state index in [4.69, 9.17) is 4.18 Å². The molecule has 2 aromatic rings. The Balaban J connectivity index is 1.77. The van der Waals surface area contributed by atoms with Gasteiger partial charge in [0.2, 0.25) is 0 Å². The van der Waals surface area contributed by atoms with Crippen molar-refractivity contribution in [1.29, 1.82) is 0 Å². The zero-order chi connectivity index (χ0) is 16.5. The lowest BCUT2D eigenvalue weighted by atomic mass is 10.1. The molecule has 0 bridgehead atoms. The minimum Gasteiger partial charge on any atom is -0.385 e. The number of rotatable bonds is 6. The molecule has 0 spiro atoms. The molecule has 0 unspecified atom stereocenters. The van der Waals surface area contributed by atoms with E-state index in [0.717, 1.165) is 11.1 Å². The van der Waals surface area contributed by atoms with Gasteiger partial charge in [-0.25, -0.2) is 0 Å². The summed E-state index contributed by atoms with van der Waals surface area (Å²) in [6, 6.07) is 14.6. The standard InChI is InChI=1S/C18H20O4S/c1-14-7-8-17(16(13-14)18(19)10-11-18)23(20,21)22-12-9-15-5-3-2-4-6-15/h2-8,13,19H,9-12H2,1H3. The Labute approximate surface area is 136 Å². The van der Waals surface area contributed by atoms with Crippen LogP contribution in [0.2, 0.25) is 0 Å². The highest BCUT2D eigenvalue weighted by molar-refractivity contribution is 7.86. The van der Waals surface area contributed by atoms with E-state index >= 15 is 0 Å². The lowest BCUT2D eigenvalue weighted by Gasteiger charge is -2.15. The summed E-state index contributed by atoms with van der Waals surface area (Å²) in [5.41, 5.74) is 1.38. The van der Waals surface area contributed by atoms with Crippen molar-refractivity contribution in [1.82, 2.24) is 0 Å². The topological polar surface area (TPSA) is 63.6 Å². The van der Waals surface area contributed by atoms with Gasteiger partial charge in [0.1, 0.15) is 4.90 Å². The number of hydrogen-bond acceptors (Lipinski definition) is 4. The van der Waals surface area contributed by atoms with Gasteiger partial charge in [0, 0.05) is 5.56 Å². The number of aryl methyl sites for hydroxylation is 1. The monoisotopic (exact) mass is 332 g/mol. The fourth-order valence-electron chi connectivity index (χ4n) is 2.59. The number of aliphatic hydroxyl groups is 1. The third-order valence-corrected chi connectivity index (χ3v) is 5.47. The molecule has 1 N–H and O–H groups in total. The van der Waals surface area contributed by atoms with Crippen molar-refractivity contribution in [2.45, 2.75) is 36.7 Å². The molecule has 5 heteroatoms. The van der Waals surface area contributed by atoms with Crippen LogP contribution in [0.1, 0.15) is 29.5 Å². The summed E-state index contributed by atoms with van der Waals surface area (Å²) in [5, 5.41) is 10.4. The van der Waals surface area contributed by atoms with Gasteiger partial charge in [-0.05, 0) is 37.8 Å². The number of benzene rings is 2. The summed E-state index contributed by atoms with van der Waals surface area (Å²) >= 11 is 0. The van der Waals surface area contributed by atoms with Gasteiger partial charge in [-0.2, -0.15) is 8.42 Å². The SMILES string of the molecule is Cc1ccc(S(=O)(=O)OCCc2ccccc2)c(C2(O)CC2)c1. The van der Waals surface area contributed by atoms with Gasteiger partial charge in [0.25, 0.3) is 10.1 Å². The zero-order valence-electron chi connectivity index (χ0n) is 13.0. The fourth-order valence-corrected chi connectivity index (χ4v) is 3.77. The third kappa shape index (κ3) is 3.63. The molecule has 122 valence electrons. The van der Waals surface area contributed by atoms with Crippen molar-refractivity contribution >= 4 is 10.1 Å². The van der Waals surface area contributed by atoms with Crippen LogP contribution in [0.4, 0.5) is 0 Å². The maximum Gasteiger partial charge on any atom is 0.297 e. The molecule has 23 heavy (non-hydrogen) atoms. The molecular formula is C18H20O4S. The Hall–Kier alpha value is -1.69. The quantitative estimate of drug-likeness (QED) is 0.826. The van der Waals surface area contributed by atoms with Crippen LogP contribution >= 0.6 is 0 Å². The predicted molar refractivity (Wildman–Crippen MR) is 87.6 cm³/mol. The minimum atomic E-state index is -3.88. The van der Waals surface area contributed by atoms with Gasteiger partial charge in [-0.1, -0.05) is 48.0 Å². The molecule has 0 amide bonds. The van der Waals surface area contributed by atoms with Crippen LogP contribution in [0, 0.1) is 6.92 Å². The first kappa shape index (κ1) is 16.2. The van der Waals surface area contributed by atoms with E-state index in [9.17, 15) is 13.5 Å². The normalized spacial score (nSPS) is 16.3. The van der Waals surface area contributed by atoms with Crippen LogP contribution in [-0.4, -0.2) is 20.1 Å². The van der Waals surface area contributed by atoms with Crippen LogP contribution in [0.3, 0.4) is 0 Å². The molecular weight excluding hydrogens is 312 g/mol. The molecule has 1 aliphatic rings. The van der Waals surface area contributed by atoms with Gasteiger partial charge in [-0.15, -0.1) is 0 Å². The van der Waals surface area contributed by atoms with Crippen LogP contribution < -0.4 is 0 Å². The largest absolute Gasteiger partial charge is 0.385 e. The smallest absolute Gasteiger partial charge is 0.297 e. The van der Waals surface area contributed by atoms with Gasteiger partial charge >= 0.3 is 0 Å². The molecule has 0 atom stereocenters. The van der Waals surface area contributed by atoms with Crippen molar-refractivity contribution in [3.05, 3.63) is 65.2 Å². The molecule has 1 aliphatic carbocycles. The maximum absolute atomic E-state index is 12.5.